The first-order chi connectivity index (χ1) is 4.68. The van der Waals surface area contributed by atoms with Gasteiger partial charge in [0, 0.05) is 6.92 Å². The molecule has 0 aromatic rings. The zero-order valence-corrected chi connectivity index (χ0v) is 7.55. The first-order valence-corrected chi connectivity index (χ1v) is 3.28. The number of carboxylic acids is 2. The van der Waals surface area contributed by atoms with E-state index in [1.807, 2.05) is 0 Å². The number of carbonyl (C=O) groups is 2. The minimum absolute atomic E-state index is 0.833. The summed E-state index contributed by atoms with van der Waals surface area (Å²) in [6, 6.07) is 0. The molecule has 0 bridgehead atoms. The SMILES string of the molecule is CC(=O)O.CC(C)(S)C(=O)O. The van der Waals surface area contributed by atoms with Gasteiger partial charge < -0.3 is 10.2 Å². The maximum absolute atomic E-state index is 9.94. The van der Waals surface area contributed by atoms with Crippen LogP contribution < -0.4 is 0 Å². The Labute approximate surface area is 70.6 Å². The van der Waals surface area contributed by atoms with E-state index >= 15 is 0 Å². The van der Waals surface area contributed by atoms with Gasteiger partial charge >= 0.3 is 5.97 Å². The minimum atomic E-state index is -0.893. The number of hydrogen-bond acceptors (Lipinski definition) is 3. The largest absolute Gasteiger partial charge is 0.481 e. The van der Waals surface area contributed by atoms with E-state index in [9.17, 15) is 4.79 Å². The molecule has 0 radical (unpaired) electrons. The fraction of sp³-hybridized carbons (Fsp3) is 0.667. The number of thiol groups is 1. The van der Waals surface area contributed by atoms with Crippen LogP contribution in [-0.4, -0.2) is 26.9 Å². The van der Waals surface area contributed by atoms with E-state index in [-0.39, 0.29) is 0 Å². The van der Waals surface area contributed by atoms with Crippen LogP contribution >= 0.6 is 12.6 Å². The summed E-state index contributed by atoms with van der Waals surface area (Å²) in [4.78, 5) is 18.9. The topological polar surface area (TPSA) is 74.6 Å². The minimum Gasteiger partial charge on any atom is -0.481 e. The molecule has 0 aliphatic heterocycles. The molecular formula is C6H12O4S. The molecule has 0 amide bonds. The van der Waals surface area contributed by atoms with Crippen molar-refractivity contribution in [2.45, 2.75) is 25.5 Å². The summed E-state index contributed by atoms with van der Waals surface area (Å²) in [5.74, 6) is -1.73. The van der Waals surface area contributed by atoms with Crippen LogP contribution in [0.2, 0.25) is 0 Å². The lowest BCUT2D eigenvalue weighted by atomic mass is 10.2. The van der Waals surface area contributed by atoms with Gasteiger partial charge in [-0.1, -0.05) is 0 Å². The third-order valence-electron chi connectivity index (χ3n) is 0.523. The van der Waals surface area contributed by atoms with Crippen molar-refractivity contribution in [2.75, 3.05) is 0 Å². The van der Waals surface area contributed by atoms with E-state index in [2.05, 4.69) is 12.6 Å². The van der Waals surface area contributed by atoms with Crippen LogP contribution in [0, 0.1) is 0 Å². The van der Waals surface area contributed by atoms with Crippen molar-refractivity contribution >= 4 is 24.6 Å². The quantitative estimate of drug-likeness (QED) is 0.523. The number of rotatable bonds is 1. The van der Waals surface area contributed by atoms with Gasteiger partial charge in [-0.2, -0.15) is 12.6 Å². The standard InChI is InChI=1S/C4H8O2S.C2H4O2/c1-4(2,7)3(5)6;1-2(3)4/h7H,1-2H3,(H,5,6);1H3,(H,3,4). The molecule has 0 aliphatic rings. The average Bonchev–Trinajstić information content (AvgIpc) is 1.59. The van der Waals surface area contributed by atoms with E-state index in [4.69, 9.17) is 15.0 Å². The number of carboxylic acid groups (broad SMARTS) is 2. The molecule has 0 heterocycles. The molecule has 11 heavy (non-hydrogen) atoms. The molecule has 0 saturated heterocycles. The third kappa shape index (κ3) is 17.6. The van der Waals surface area contributed by atoms with Crippen molar-refractivity contribution in [3.05, 3.63) is 0 Å². The molecule has 66 valence electrons. The Morgan fingerprint density at radius 3 is 1.36 bits per heavy atom. The Bertz CT molecular complexity index is 143. The molecule has 0 aromatic heterocycles. The summed E-state index contributed by atoms with van der Waals surface area (Å²) in [6.07, 6.45) is 0. The Balaban J connectivity index is 0. The molecule has 0 aliphatic carbocycles. The summed E-state index contributed by atoms with van der Waals surface area (Å²) in [7, 11) is 0. The molecule has 0 unspecified atom stereocenters. The highest BCUT2D eigenvalue weighted by molar-refractivity contribution is 7.82. The van der Waals surface area contributed by atoms with Crippen LogP contribution in [0.5, 0.6) is 0 Å². The van der Waals surface area contributed by atoms with Crippen LogP contribution in [0.4, 0.5) is 0 Å². The number of hydrogen-bond donors (Lipinski definition) is 3. The van der Waals surface area contributed by atoms with Crippen LogP contribution in [-0.2, 0) is 9.59 Å². The van der Waals surface area contributed by atoms with Gasteiger partial charge in [0.05, 0.1) is 0 Å². The Hall–Kier alpha value is -0.710. The van der Waals surface area contributed by atoms with E-state index in [0.29, 0.717) is 0 Å². The molecule has 0 spiro atoms. The Morgan fingerprint density at radius 1 is 1.27 bits per heavy atom. The number of aliphatic carboxylic acids is 2. The van der Waals surface area contributed by atoms with E-state index in [1.165, 1.54) is 13.8 Å². The van der Waals surface area contributed by atoms with E-state index < -0.39 is 16.7 Å². The van der Waals surface area contributed by atoms with Crippen molar-refractivity contribution < 1.29 is 19.8 Å². The fourth-order valence-corrected chi connectivity index (χ4v) is 0. The molecule has 2 N–H and O–H groups in total. The zero-order chi connectivity index (χ0) is 9.65. The van der Waals surface area contributed by atoms with Gasteiger partial charge in [0.1, 0.15) is 4.75 Å². The highest BCUT2D eigenvalue weighted by Gasteiger charge is 2.20. The van der Waals surface area contributed by atoms with Crippen molar-refractivity contribution in [1.82, 2.24) is 0 Å². The zero-order valence-electron chi connectivity index (χ0n) is 6.66. The predicted octanol–water partition coefficient (Wildman–Crippen LogP) is 0.870. The van der Waals surface area contributed by atoms with Gasteiger partial charge in [-0.05, 0) is 13.8 Å². The highest BCUT2D eigenvalue weighted by atomic mass is 32.1. The predicted molar refractivity (Wildman–Crippen MR) is 44.0 cm³/mol. The lowest BCUT2D eigenvalue weighted by Crippen LogP contribution is -2.23. The third-order valence-corrected chi connectivity index (χ3v) is 0.715. The smallest absolute Gasteiger partial charge is 0.318 e. The second-order valence-electron chi connectivity index (χ2n) is 2.38. The van der Waals surface area contributed by atoms with Crippen molar-refractivity contribution in [1.29, 1.82) is 0 Å². The molecular weight excluding hydrogens is 168 g/mol. The normalized spacial score (nSPS) is 9.45. The molecule has 4 nitrogen and oxygen atoms in total. The molecule has 5 heteroatoms. The molecule has 0 saturated carbocycles. The fourth-order valence-electron chi connectivity index (χ4n) is 0. The Kier molecular flexibility index (Phi) is 5.88. The van der Waals surface area contributed by atoms with Crippen molar-refractivity contribution in [3.63, 3.8) is 0 Å². The first-order valence-electron chi connectivity index (χ1n) is 2.83. The summed E-state index contributed by atoms with van der Waals surface area (Å²) in [5.41, 5.74) is 0. The maximum atomic E-state index is 9.94. The van der Waals surface area contributed by atoms with Gasteiger partial charge in [0.25, 0.3) is 5.97 Å². The van der Waals surface area contributed by atoms with Gasteiger partial charge in [0.2, 0.25) is 0 Å². The highest BCUT2D eigenvalue weighted by Crippen LogP contribution is 2.10. The van der Waals surface area contributed by atoms with Gasteiger partial charge in [-0.25, -0.2) is 0 Å². The summed E-state index contributed by atoms with van der Waals surface area (Å²) in [6.45, 7) is 4.14. The summed E-state index contributed by atoms with van der Waals surface area (Å²) >= 11 is 3.75. The molecule has 0 atom stereocenters. The van der Waals surface area contributed by atoms with Crippen molar-refractivity contribution in [2.24, 2.45) is 0 Å². The molecule has 0 rings (SSSR count). The van der Waals surface area contributed by atoms with Crippen LogP contribution in [0.1, 0.15) is 20.8 Å². The van der Waals surface area contributed by atoms with Crippen LogP contribution in [0.15, 0.2) is 0 Å². The van der Waals surface area contributed by atoms with Crippen LogP contribution in [0.25, 0.3) is 0 Å². The first kappa shape index (κ1) is 12.9. The monoisotopic (exact) mass is 180 g/mol. The van der Waals surface area contributed by atoms with Crippen LogP contribution in [0.3, 0.4) is 0 Å². The second-order valence-corrected chi connectivity index (χ2v) is 3.50. The lowest BCUT2D eigenvalue weighted by Gasteiger charge is -2.07. The van der Waals surface area contributed by atoms with Gasteiger partial charge in [-0.3, -0.25) is 9.59 Å². The summed E-state index contributed by atoms with van der Waals surface area (Å²) < 4.78 is -0.889. The van der Waals surface area contributed by atoms with E-state index in [1.54, 1.807) is 0 Å². The second kappa shape index (κ2) is 5.01. The van der Waals surface area contributed by atoms with E-state index in [0.717, 1.165) is 6.92 Å². The average molecular weight is 180 g/mol. The molecule has 0 aromatic carbocycles. The van der Waals surface area contributed by atoms with Gasteiger partial charge in [-0.15, -0.1) is 0 Å². The van der Waals surface area contributed by atoms with Crippen molar-refractivity contribution in [3.8, 4) is 0 Å². The molecule has 0 fully saturated rings. The maximum Gasteiger partial charge on any atom is 0.318 e. The lowest BCUT2D eigenvalue weighted by molar-refractivity contribution is -0.139. The Morgan fingerprint density at radius 2 is 1.36 bits per heavy atom. The summed E-state index contributed by atoms with van der Waals surface area (Å²) in [5, 5.41) is 15.6. The van der Waals surface area contributed by atoms with Gasteiger partial charge in [0.15, 0.2) is 0 Å².